The summed E-state index contributed by atoms with van der Waals surface area (Å²) in [4.78, 5) is 12.5. The Kier molecular flexibility index (Phi) is 6.21. The van der Waals surface area contributed by atoms with Gasteiger partial charge in [-0.05, 0) is 44.2 Å². The summed E-state index contributed by atoms with van der Waals surface area (Å²) in [5.41, 5.74) is 0.0141. The van der Waals surface area contributed by atoms with Gasteiger partial charge in [0.05, 0.1) is 10.5 Å². The standard InChI is InChI=1S/C16H26N2O2S/c1-13(16(20-2)8-3-4-9-16)17-10-6-11-18-15(19)14-7-5-12-21-14/h5,7,12-13,17H,3-4,6,8-11H2,1-2H3,(H,18,19). The molecule has 1 aromatic rings. The quantitative estimate of drug-likeness (QED) is 0.726. The first-order chi connectivity index (χ1) is 10.2. The van der Waals surface area contributed by atoms with Crippen LogP contribution in [0.15, 0.2) is 17.5 Å². The van der Waals surface area contributed by atoms with Gasteiger partial charge in [0.15, 0.2) is 0 Å². The Morgan fingerprint density at radius 2 is 2.19 bits per heavy atom. The molecular formula is C16H26N2O2S. The fraction of sp³-hybridized carbons (Fsp3) is 0.688. The zero-order valence-corrected chi connectivity index (χ0v) is 13.8. The van der Waals surface area contributed by atoms with Crippen molar-refractivity contribution in [1.29, 1.82) is 0 Å². The van der Waals surface area contributed by atoms with Gasteiger partial charge in [0.25, 0.3) is 5.91 Å². The number of ether oxygens (including phenoxy) is 1. The van der Waals surface area contributed by atoms with E-state index in [1.165, 1.54) is 24.2 Å². The average molecular weight is 310 g/mol. The van der Waals surface area contributed by atoms with Crippen molar-refractivity contribution in [2.24, 2.45) is 0 Å². The molecule has 0 radical (unpaired) electrons. The minimum absolute atomic E-state index is 0.0141. The van der Waals surface area contributed by atoms with E-state index in [2.05, 4.69) is 17.6 Å². The summed E-state index contributed by atoms with van der Waals surface area (Å²) >= 11 is 1.47. The lowest BCUT2D eigenvalue weighted by molar-refractivity contribution is -0.0306. The largest absolute Gasteiger partial charge is 0.377 e. The van der Waals surface area contributed by atoms with Gasteiger partial charge in [0.1, 0.15) is 0 Å². The lowest BCUT2D eigenvalue weighted by Crippen LogP contribution is -2.49. The molecule has 0 aromatic carbocycles. The Bertz CT molecular complexity index is 427. The summed E-state index contributed by atoms with van der Waals surface area (Å²) in [7, 11) is 1.82. The van der Waals surface area contributed by atoms with Gasteiger partial charge in [-0.25, -0.2) is 0 Å². The molecule has 1 heterocycles. The average Bonchev–Trinajstić information content (AvgIpc) is 3.18. The molecule has 1 fully saturated rings. The van der Waals surface area contributed by atoms with Gasteiger partial charge in [-0.3, -0.25) is 4.79 Å². The first-order valence-electron chi connectivity index (χ1n) is 7.78. The monoisotopic (exact) mass is 310 g/mol. The molecule has 0 bridgehead atoms. The molecule has 1 atom stereocenters. The highest BCUT2D eigenvalue weighted by Gasteiger charge is 2.38. The van der Waals surface area contributed by atoms with Crippen LogP contribution in [0.3, 0.4) is 0 Å². The van der Waals surface area contributed by atoms with E-state index in [9.17, 15) is 4.79 Å². The number of nitrogens with one attached hydrogen (secondary N) is 2. The molecule has 118 valence electrons. The fourth-order valence-corrected chi connectivity index (χ4v) is 3.72. The topological polar surface area (TPSA) is 50.4 Å². The van der Waals surface area contributed by atoms with Crippen LogP contribution in [0.25, 0.3) is 0 Å². The molecule has 2 rings (SSSR count). The summed E-state index contributed by atoms with van der Waals surface area (Å²) in [6.07, 6.45) is 5.74. The van der Waals surface area contributed by atoms with Gasteiger partial charge in [-0.1, -0.05) is 18.9 Å². The predicted octanol–water partition coefficient (Wildman–Crippen LogP) is 2.81. The van der Waals surface area contributed by atoms with Gasteiger partial charge >= 0.3 is 0 Å². The first-order valence-corrected chi connectivity index (χ1v) is 8.66. The Hall–Kier alpha value is -0.910. The normalized spacial score (nSPS) is 18.6. The lowest BCUT2D eigenvalue weighted by atomic mass is 9.93. The van der Waals surface area contributed by atoms with E-state index in [-0.39, 0.29) is 11.5 Å². The number of carbonyl (C=O) groups is 1. The third-order valence-electron chi connectivity index (χ3n) is 4.48. The maximum atomic E-state index is 11.8. The molecule has 1 saturated carbocycles. The Balaban J connectivity index is 1.62. The number of thiophene rings is 1. The third kappa shape index (κ3) is 4.28. The van der Waals surface area contributed by atoms with E-state index in [0.29, 0.717) is 12.6 Å². The molecule has 2 N–H and O–H groups in total. The maximum absolute atomic E-state index is 11.8. The van der Waals surface area contributed by atoms with Gasteiger partial charge in [-0.15, -0.1) is 11.3 Å². The highest BCUT2D eigenvalue weighted by Crippen LogP contribution is 2.35. The van der Waals surface area contributed by atoms with Crippen molar-refractivity contribution in [3.63, 3.8) is 0 Å². The molecule has 21 heavy (non-hydrogen) atoms. The summed E-state index contributed by atoms with van der Waals surface area (Å²) in [6.45, 7) is 3.81. The van der Waals surface area contributed by atoms with Crippen molar-refractivity contribution in [1.82, 2.24) is 10.6 Å². The van der Waals surface area contributed by atoms with Crippen molar-refractivity contribution in [3.8, 4) is 0 Å². The van der Waals surface area contributed by atoms with E-state index in [4.69, 9.17) is 4.74 Å². The van der Waals surface area contributed by atoms with Crippen LogP contribution in [0.5, 0.6) is 0 Å². The minimum Gasteiger partial charge on any atom is -0.377 e. The number of amides is 1. The molecule has 1 aliphatic rings. The van der Waals surface area contributed by atoms with Gasteiger partial charge in [0.2, 0.25) is 0 Å². The third-order valence-corrected chi connectivity index (χ3v) is 5.35. The predicted molar refractivity (Wildman–Crippen MR) is 86.9 cm³/mol. The zero-order valence-electron chi connectivity index (χ0n) is 13.0. The molecule has 1 aromatic heterocycles. The molecule has 4 nitrogen and oxygen atoms in total. The second-order valence-electron chi connectivity index (χ2n) is 5.74. The zero-order chi connectivity index (χ0) is 15.1. The smallest absolute Gasteiger partial charge is 0.261 e. The number of methoxy groups -OCH3 is 1. The van der Waals surface area contributed by atoms with Crippen molar-refractivity contribution in [2.75, 3.05) is 20.2 Å². The number of rotatable bonds is 8. The highest BCUT2D eigenvalue weighted by molar-refractivity contribution is 7.12. The highest BCUT2D eigenvalue weighted by atomic mass is 32.1. The molecule has 0 aliphatic heterocycles. The van der Waals surface area contributed by atoms with Crippen LogP contribution in [0.4, 0.5) is 0 Å². The molecular weight excluding hydrogens is 284 g/mol. The molecule has 1 amide bonds. The Labute approximate surface area is 131 Å². The molecule has 1 aliphatic carbocycles. The second kappa shape index (κ2) is 7.92. The fourth-order valence-electron chi connectivity index (χ4n) is 3.08. The van der Waals surface area contributed by atoms with Crippen LogP contribution < -0.4 is 10.6 Å². The van der Waals surface area contributed by atoms with Crippen molar-refractivity contribution < 1.29 is 9.53 Å². The van der Waals surface area contributed by atoms with Gasteiger partial charge in [-0.2, -0.15) is 0 Å². The van der Waals surface area contributed by atoms with Crippen molar-refractivity contribution in [3.05, 3.63) is 22.4 Å². The van der Waals surface area contributed by atoms with Crippen LogP contribution in [0.2, 0.25) is 0 Å². The summed E-state index contributed by atoms with van der Waals surface area (Å²) < 4.78 is 5.77. The SMILES string of the molecule is COC1(C(C)NCCCNC(=O)c2cccs2)CCCC1. The van der Waals surface area contributed by atoms with Crippen molar-refractivity contribution in [2.45, 2.75) is 50.7 Å². The van der Waals surface area contributed by atoms with Crippen LogP contribution >= 0.6 is 11.3 Å². The lowest BCUT2D eigenvalue weighted by Gasteiger charge is -2.34. The van der Waals surface area contributed by atoms with Crippen molar-refractivity contribution >= 4 is 17.2 Å². The Morgan fingerprint density at radius 1 is 1.43 bits per heavy atom. The molecule has 5 heteroatoms. The Morgan fingerprint density at radius 3 is 2.81 bits per heavy atom. The summed E-state index contributed by atoms with van der Waals surface area (Å²) in [5, 5.41) is 8.42. The number of hydrogen-bond acceptors (Lipinski definition) is 4. The van der Waals surface area contributed by atoms with E-state index in [0.717, 1.165) is 30.7 Å². The van der Waals surface area contributed by atoms with E-state index >= 15 is 0 Å². The van der Waals surface area contributed by atoms with Gasteiger partial charge in [0, 0.05) is 19.7 Å². The maximum Gasteiger partial charge on any atom is 0.261 e. The van der Waals surface area contributed by atoms with Crippen LogP contribution in [-0.4, -0.2) is 37.7 Å². The first kappa shape index (κ1) is 16.5. The molecule has 0 spiro atoms. The van der Waals surface area contributed by atoms with E-state index < -0.39 is 0 Å². The number of carbonyl (C=O) groups excluding carboxylic acids is 1. The molecule has 1 unspecified atom stereocenters. The minimum atomic E-state index is 0.0141. The van der Waals surface area contributed by atoms with Crippen LogP contribution in [-0.2, 0) is 4.74 Å². The van der Waals surface area contributed by atoms with Crippen LogP contribution in [0.1, 0.15) is 48.7 Å². The molecule has 0 saturated heterocycles. The number of hydrogen-bond donors (Lipinski definition) is 2. The second-order valence-corrected chi connectivity index (χ2v) is 6.69. The summed E-state index contributed by atoms with van der Waals surface area (Å²) in [6, 6.07) is 4.11. The van der Waals surface area contributed by atoms with Gasteiger partial charge < -0.3 is 15.4 Å². The van der Waals surface area contributed by atoms with E-state index in [1.807, 2.05) is 24.6 Å². The van der Waals surface area contributed by atoms with E-state index in [1.54, 1.807) is 0 Å². The summed E-state index contributed by atoms with van der Waals surface area (Å²) in [5.74, 6) is 0.0298. The van der Waals surface area contributed by atoms with Crippen LogP contribution in [0, 0.1) is 0 Å².